The SMILES string of the molecule is CCO/C=C/C(=O)Nc1cccc(C)c1. The van der Waals surface area contributed by atoms with Gasteiger partial charge in [-0.2, -0.15) is 0 Å². The fourth-order valence-corrected chi connectivity index (χ4v) is 1.11. The molecular formula is C12H15NO2. The number of nitrogens with one attached hydrogen (secondary N) is 1. The minimum absolute atomic E-state index is 0.186. The fraction of sp³-hybridized carbons (Fsp3) is 0.250. The van der Waals surface area contributed by atoms with Gasteiger partial charge in [0.15, 0.2) is 0 Å². The summed E-state index contributed by atoms with van der Waals surface area (Å²) < 4.78 is 4.92. The van der Waals surface area contributed by atoms with Gasteiger partial charge in [-0.05, 0) is 31.5 Å². The summed E-state index contributed by atoms with van der Waals surface area (Å²) in [5.74, 6) is -0.186. The van der Waals surface area contributed by atoms with Gasteiger partial charge in [-0.3, -0.25) is 4.79 Å². The molecule has 0 unspecified atom stereocenters. The maximum Gasteiger partial charge on any atom is 0.251 e. The number of carbonyl (C=O) groups is 1. The van der Waals surface area contributed by atoms with Crippen molar-refractivity contribution in [3.63, 3.8) is 0 Å². The summed E-state index contributed by atoms with van der Waals surface area (Å²) in [5.41, 5.74) is 1.91. The van der Waals surface area contributed by atoms with Gasteiger partial charge in [0, 0.05) is 11.8 Å². The van der Waals surface area contributed by atoms with Crippen molar-refractivity contribution in [2.24, 2.45) is 0 Å². The number of ether oxygens (including phenoxy) is 1. The molecule has 0 bridgehead atoms. The lowest BCUT2D eigenvalue weighted by molar-refractivity contribution is -0.112. The lowest BCUT2D eigenvalue weighted by Gasteiger charge is -2.02. The molecule has 0 atom stereocenters. The second kappa shape index (κ2) is 5.86. The Balaban J connectivity index is 2.51. The first-order valence-electron chi connectivity index (χ1n) is 4.88. The second-order valence-corrected chi connectivity index (χ2v) is 3.12. The van der Waals surface area contributed by atoms with Gasteiger partial charge in [0.2, 0.25) is 0 Å². The van der Waals surface area contributed by atoms with Crippen LogP contribution in [0.15, 0.2) is 36.6 Å². The zero-order valence-corrected chi connectivity index (χ0v) is 8.99. The van der Waals surface area contributed by atoms with Crippen molar-refractivity contribution in [2.45, 2.75) is 13.8 Å². The summed E-state index contributed by atoms with van der Waals surface area (Å²) in [6, 6.07) is 7.63. The van der Waals surface area contributed by atoms with Crippen molar-refractivity contribution in [1.29, 1.82) is 0 Å². The monoisotopic (exact) mass is 205 g/mol. The Labute approximate surface area is 89.8 Å². The highest BCUT2D eigenvalue weighted by molar-refractivity contribution is 5.99. The highest BCUT2D eigenvalue weighted by Gasteiger charge is 1.96. The third-order valence-electron chi connectivity index (χ3n) is 1.77. The van der Waals surface area contributed by atoms with Crippen LogP contribution in [0.1, 0.15) is 12.5 Å². The van der Waals surface area contributed by atoms with E-state index in [2.05, 4.69) is 5.32 Å². The van der Waals surface area contributed by atoms with Crippen molar-refractivity contribution in [3.05, 3.63) is 42.2 Å². The largest absolute Gasteiger partial charge is 0.501 e. The average molecular weight is 205 g/mol. The minimum Gasteiger partial charge on any atom is -0.501 e. The van der Waals surface area contributed by atoms with Gasteiger partial charge in [-0.15, -0.1) is 0 Å². The van der Waals surface area contributed by atoms with Crippen LogP contribution in [0.3, 0.4) is 0 Å². The second-order valence-electron chi connectivity index (χ2n) is 3.12. The van der Waals surface area contributed by atoms with E-state index in [1.165, 1.54) is 12.3 Å². The molecule has 15 heavy (non-hydrogen) atoms. The van der Waals surface area contributed by atoms with E-state index in [-0.39, 0.29) is 5.91 Å². The van der Waals surface area contributed by atoms with Crippen molar-refractivity contribution >= 4 is 11.6 Å². The van der Waals surface area contributed by atoms with Crippen molar-refractivity contribution in [2.75, 3.05) is 11.9 Å². The van der Waals surface area contributed by atoms with Crippen LogP contribution in [0, 0.1) is 6.92 Å². The number of benzene rings is 1. The van der Waals surface area contributed by atoms with E-state index in [0.29, 0.717) is 6.61 Å². The van der Waals surface area contributed by atoms with Crippen LogP contribution in [0.4, 0.5) is 5.69 Å². The maximum atomic E-state index is 11.3. The number of rotatable bonds is 4. The molecule has 1 amide bonds. The van der Waals surface area contributed by atoms with E-state index in [1.54, 1.807) is 0 Å². The normalized spacial score (nSPS) is 10.3. The molecule has 0 heterocycles. The van der Waals surface area contributed by atoms with Crippen molar-refractivity contribution in [1.82, 2.24) is 0 Å². The van der Waals surface area contributed by atoms with Crippen molar-refractivity contribution < 1.29 is 9.53 Å². The van der Waals surface area contributed by atoms with Crippen LogP contribution in [0.2, 0.25) is 0 Å². The molecule has 0 aliphatic heterocycles. The summed E-state index contributed by atoms with van der Waals surface area (Å²) >= 11 is 0. The van der Waals surface area contributed by atoms with E-state index in [0.717, 1.165) is 11.3 Å². The van der Waals surface area contributed by atoms with E-state index in [4.69, 9.17) is 4.74 Å². The highest BCUT2D eigenvalue weighted by Crippen LogP contribution is 2.09. The van der Waals surface area contributed by atoms with Crippen molar-refractivity contribution in [3.8, 4) is 0 Å². The first-order chi connectivity index (χ1) is 7.22. The van der Waals surface area contributed by atoms with Gasteiger partial charge in [0.1, 0.15) is 0 Å². The molecule has 1 aromatic rings. The maximum absolute atomic E-state index is 11.3. The molecule has 0 fully saturated rings. The quantitative estimate of drug-likeness (QED) is 0.605. The number of aryl methyl sites for hydroxylation is 1. The smallest absolute Gasteiger partial charge is 0.251 e. The van der Waals surface area contributed by atoms with Gasteiger partial charge >= 0.3 is 0 Å². The minimum atomic E-state index is -0.186. The van der Waals surface area contributed by atoms with Gasteiger partial charge < -0.3 is 10.1 Å². The topological polar surface area (TPSA) is 38.3 Å². The predicted octanol–water partition coefficient (Wildman–Crippen LogP) is 2.48. The van der Waals surface area contributed by atoms with Crippen LogP contribution >= 0.6 is 0 Å². The van der Waals surface area contributed by atoms with Gasteiger partial charge in [-0.1, -0.05) is 12.1 Å². The average Bonchev–Trinajstić information content (AvgIpc) is 2.18. The van der Waals surface area contributed by atoms with Crippen LogP contribution in [-0.2, 0) is 9.53 Å². The molecule has 0 aromatic heterocycles. The number of amides is 1. The lowest BCUT2D eigenvalue weighted by Crippen LogP contribution is -2.07. The molecule has 0 radical (unpaired) electrons. The molecule has 0 saturated heterocycles. The third-order valence-corrected chi connectivity index (χ3v) is 1.77. The van der Waals surface area contributed by atoms with E-state index >= 15 is 0 Å². The molecule has 3 heteroatoms. The standard InChI is InChI=1S/C12H15NO2/c1-3-15-8-7-12(14)13-11-6-4-5-10(2)9-11/h4-9H,3H2,1-2H3,(H,13,14)/b8-7+. The van der Waals surface area contributed by atoms with Gasteiger partial charge in [0.05, 0.1) is 12.9 Å². The zero-order chi connectivity index (χ0) is 11.1. The van der Waals surface area contributed by atoms with Gasteiger partial charge in [0.25, 0.3) is 5.91 Å². The Kier molecular flexibility index (Phi) is 4.41. The van der Waals surface area contributed by atoms with Gasteiger partial charge in [-0.25, -0.2) is 0 Å². The summed E-state index contributed by atoms with van der Waals surface area (Å²) in [4.78, 5) is 11.3. The Morgan fingerprint density at radius 1 is 1.53 bits per heavy atom. The van der Waals surface area contributed by atoms with Crippen LogP contribution in [0.5, 0.6) is 0 Å². The van der Waals surface area contributed by atoms with E-state index in [1.807, 2.05) is 38.1 Å². The molecule has 0 aliphatic rings. The molecule has 1 aromatic carbocycles. The number of hydrogen-bond acceptors (Lipinski definition) is 2. The summed E-state index contributed by atoms with van der Waals surface area (Å²) in [7, 11) is 0. The molecule has 1 N–H and O–H groups in total. The van der Waals surface area contributed by atoms with E-state index in [9.17, 15) is 4.79 Å². The summed E-state index contributed by atoms with van der Waals surface area (Å²) in [6.45, 7) is 4.41. The first-order valence-corrected chi connectivity index (χ1v) is 4.88. The predicted molar refractivity (Wildman–Crippen MR) is 60.6 cm³/mol. The molecule has 80 valence electrons. The number of anilines is 1. The van der Waals surface area contributed by atoms with Crippen LogP contribution in [0.25, 0.3) is 0 Å². The fourth-order valence-electron chi connectivity index (χ4n) is 1.11. The molecule has 0 saturated carbocycles. The molecular weight excluding hydrogens is 190 g/mol. The summed E-state index contributed by atoms with van der Waals surface area (Å²) in [6.07, 6.45) is 2.76. The Hall–Kier alpha value is -1.77. The third kappa shape index (κ3) is 4.31. The number of hydrogen-bond donors (Lipinski definition) is 1. The zero-order valence-electron chi connectivity index (χ0n) is 8.99. The molecule has 0 spiro atoms. The Morgan fingerprint density at radius 2 is 2.33 bits per heavy atom. The highest BCUT2D eigenvalue weighted by atomic mass is 16.5. The van der Waals surface area contributed by atoms with E-state index < -0.39 is 0 Å². The Bertz CT molecular complexity index is 358. The van der Waals surface area contributed by atoms with Crippen LogP contribution < -0.4 is 5.32 Å². The molecule has 0 aliphatic carbocycles. The summed E-state index contributed by atoms with van der Waals surface area (Å²) in [5, 5.41) is 2.74. The lowest BCUT2D eigenvalue weighted by atomic mass is 10.2. The molecule has 1 rings (SSSR count). The number of carbonyl (C=O) groups excluding carboxylic acids is 1. The first kappa shape index (κ1) is 11.3. The van der Waals surface area contributed by atoms with Crippen LogP contribution in [-0.4, -0.2) is 12.5 Å². The Morgan fingerprint density at radius 3 is 3.00 bits per heavy atom. The molecule has 3 nitrogen and oxygen atoms in total.